The summed E-state index contributed by atoms with van der Waals surface area (Å²) in [5.41, 5.74) is 0. The predicted molar refractivity (Wildman–Crippen MR) is 48.5 cm³/mol. The lowest BCUT2D eigenvalue weighted by molar-refractivity contribution is 0.215. The number of rotatable bonds is 6. The molecule has 0 atom stereocenters. The van der Waals surface area contributed by atoms with Gasteiger partial charge in [0.1, 0.15) is 7.11 Å². The van der Waals surface area contributed by atoms with Gasteiger partial charge >= 0.3 is 0 Å². The van der Waals surface area contributed by atoms with Crippen LogP contribution in [0.1, 0.15) is 25.7 Å². The van der Waals surface area contributed by atoms with E-state index in [1.54, 1.807) is 13.3 Å². The summed E-state index contributed by atoms with van der Waals surface area (Å²) in [7, 11) is 1.54. The molecule has 0 aliphatic heterocycles. The molecule has 0 N–H and O–H groups in total. The van der Waals surface area contributed by atoms with Gasteiger partial charge in [-0.3, -0.25) is 0 Å². The van der Waals surface area contributed by atoms with Crippen LogP contribution < -0.4 is 0 Å². The molecule has 0 saturated carbocycles. The van der Waals surface area contributed by atoms with Crippen LogP contribution in [0.5, 0.6) is 0 Å². The van der Waals surface area contributed by atoms with E-state index in [-0.39, 0.29) is 0 Å². The topological polar surface area (TPSA) is 21.6 Å². The molecule has 0 spiro atoms. The summed E-state index contributed by atoms with van der Waals surface area (Å²) in [6.07, 6.45) is 10.1. The van der Waals surface area contributed by atoms with Crippen LogP contribution in [0.4, 0.5) is 0 Å². The van der Waals surface area contributed by atoms with E-state index in [0.29, 0.717) is 0 Å². The molecule has 0 aromatic carbocycles. The maximum atomic E-state index is 4.50. The van der Waals surface area contributed by atoms with Crippen molar-refractivity contribution in [2.24, 2.45) is 5.16 Å². The molecule has 0 bridgehead atoms. The van der Waals surface area contributed by atoms with Gasteiger partial charge in [-0.05, 0) is 12.8 Å². The number of oxime groups is 1. The van der Waals surface area contributed by atoms with Crippen LogP contribution in [0.3, 0.4) is 0 Å². The zero-order valence-corrected chi connectivity index (χ0v) is 7.12. The smallest absolute Gasteiger partial charge is 0.106 e. The third-order valence-corrected chi connectivity index (χ3v) is 1.21. The van der Waals surface area contributed by atoms with E-state index in [0.717, 1.165) is 25.7 Å². The van der Waals surface area contributed by atoms with Crippen molar-refractivity contribution < 1.29 is 4.84 Å². The zero-order valence-electron chi connectivity index (χ0n) is 7.12. The Kier molecular flexibility index (Phi) is 8.55. The van der Waals surface area contributed by atoms with Gasteiger partial charge in [0.25, 0.3) is 0 Å². The van der Waals surface area contributed by atoms with Crippen molar-refractivity contribution in [2.75, 3.05) is 7.11 Å². The standard InChI is InChI=1S/C9H16NO/c1-3-4-5-6-7-8-9-10-11-2/h6-7,9H,1,3-5,8H2,2H3. The molecule has 0 aromatic heterocycles. The molecule has 0 heterocycles. The van der Waals surface area contributed by atoms with E-state index >= 15 is 0 Å². The molecule has 0 amide bonds. The van der Waals surface area contributed by atoms with Crippen molar-refractivity contribution in [1.29, 1.82) is 0 Å². The normalized spacial score (nSPS) is 11.5. The van der Waals surface area contributed by atoms with Gasteiger partial charge in [-0.1, -0.05) is 30.7 Å². The Hall–Kier alpha value is -0.790. The number of hydrogen-bond acceptors (Lipinski definition) is 2. The van der Waals surface area contributed by atoms with Gasteiger partial charge in [0.2, 0.25) is 0 Å². The van der Waals surface area contributed by atoms with Crippen LogP contribution in [0, 0.1) is 6.92 Å². The minimum absolute atomic E-state index is 0.852. The number of hydrogen-bond donors (Lipinski definition) is 0. The number of allylic oxidation sites excluding steroid dienone is 2. The molecule has 1 radical (unpaired) electrons. The van der Waals surface area contributed by atoms with Gasteiger partial charge < -0.3 is 4.84 Å². The third-order valence-electron chi connectivity index (χ3n) is 1.21. The Morgan fingerprint density at radius 3 is 2.91 bits per heavy atom. The lowest BCUT2D eigenvalue weighted by atomic mass is 10.2. The third kappa shape index (κ3) is 9.21. The van der Waals surface area contributed by atoms with Crippen molar-refractivity contribution >= 4 is 6.21 Å². The summed E-state index contributed by atoms with van der Waals surface area (Å²) in [5, 5.41) is 3.60. The van der Waals surface area contributed by atoms with Crippen molar-refractivity contribution in [1.82, 2.24) is 0 Å². The average Bonchev–Trinajstić information content (AvgIpc) is 2.03. The van der Waals surface area contributed by atoms with Crippen molar-refractivity contribution in [2.45, 2.75) is 25.7 Å². The maximum absolute atomic E-state index is 4.50. The average molecular weight is 154 g/mol. The van der Waals surface area contributed by atoms with Crippen molar-refractivity contribution in [3.63, 3.8) is 0 Å². The highest BCUT2D eigenvalue weighted by atomic mass is 16.6. The molecule has 0 rings (SSSR count). The lowest BCUT2D eigenvalue weighted by Gasteiger charge is -1.86. The van der Waals surface area contributed by atoms with Crippen LogP contribution >= 0.6 is 0 Å². The van der Waals surface area contributed by atoms with Crippen molar-refractivity contribution in [3.8, 4) is 0 Å². The fourth-order valence-electron chi connectivity index (χ4n) is 0.655. The largest absolute Gasteiger partial charge is 0.399 e. The summed E-state index contributed by atoms with van der Waals surface area (Å²) in [6.45, 7) is 3.75. The fraction of sp³-hybridized carbons (Fsp3) is 0.556. The molecular weight excluding hydrogens is 138 g/mol. The van der Waals surface area contributed by atoms with Gasteiger partial charge in [0, 0.05) is 12.6 Å². The first kappa shape index (κ1) is 10.2. The molecule has 0 fully saturated rings. The molecule has 63 valence electrons. The number of unbranched alkanes of at least 4 members (excludes halogenated alkanes) is 2. The maximum Gasteiger partial charge on any atom is 0.106 e. The Labute approximate surface area is 68.9 Å². The molecule has 0 aliphatic carbocycles. The Morgan fingerprint density at radius 1 is 1.45 bits per heavy atom. The molecule has 0 aliphatic rings. The second-order valence-corrected chi connectivity index (χ2v) is 2.17. The Bertz CT molecular complexity index is 119. The van der Waals surface area contributed by atoms with Crippen LogP contribution in [0.2, 0.25) is 0 Å². The van der Waals surface area contributed by atoms with Crippen LogP contribution in [0.25, 0.3) is 0 Å². The van der Waals surface area contributed by atoms with Crippen LogP contribution in [0.15, 0.2) is 17.3 Å². The summed E-state index contributed by atoms with van der Waals surface area (Å²) < 4.78 is 0. The minimum Gasteiger partial charge on any atom is -0.399 e. The molecule has 2 heteroatoms. The highest BCUT2D eigenvalue weighted by Gasteiger charge is 1.76. The Balaban J connectivity index is 3.09. The highest BCUT2D eigenvalue weighted by molar-refractivity contribution is 5.58. The predicted octanol–water partition coefficient (Wildman–Crippen LogP) is 2.57. The van der Waals surface area contributed by atoms with Crippen molar-refractivity contribution in [3.05, 3.63) is 19.1 Å². The second-order valence-electron chi connectivity index (χ2n) is 2.17. The van der Waals surface area contributed by atoms with Gasteiger partial charge in [-0.15, -0.1) is 0 Å². The Morgan fingerprint density at radius 2 is 2.27 bits per heavy atom. The van der Waals surface area contributed by atoms with E-state index in [4.69, 9.17) is 0 Å². The van der Waals surface area contributed by atoms with E-state index in [1.807, 2.05) is 0 Å². The fourth-order valence-corrected chi connectivity index (χ4v) is 0.655. The van der Waals surface area contributed by atoms with Gasteiger partial charge in [0.05, 0.1) is 0 Å². The summed E-state index contributed by atoms with van der Waals surface area (Å²) in [5.74, 6) is 0. The van der Waals surface area contributed by atoms with E-state index < -0.39 is 0 Å². The van der Waals surface area contributed by atoms with E-state index in [1.165, 1.54) is 0 Å². The number of nitrogens with zero attached hydrogens (tertiary/aromatic N) is 1. The highest BCUT2D eigenvalue weighted by Crippen LogP contribution is 1.94. The molecular formula is C9H16NO. The van der Waals surface area contributed by atoms with Gasteiger partial charge in [-0.25, -0.2) is 0 Å². The first-order valence-corrected chi connectivity index (χ1v) is 3.91. The first-order valence-electron chi connectivity index (χ1n) is 3.91. The summed E-state index contributed by atoms with van der Waals surface area (Å²) in [6, 6.07) is 0. The second kappa shape index (κ2) is 9.21. The SMILES string of the molecule is [CH2]CCCC=CCC=NOC. The quantitative estimate of drug-likeness (QED) is 0.249. The van der Waals surface area contributed by atoms with Crippen LogP contribution in [-0.2, 0) is 4.84 Å². The van der Waals surface area contributed by atoms with E-state index in [9.17, 15) is 0 Å². The molecule has 2 nitrogen and oxygen atoms in total. The van der Waals surface area contributed by atoms with Gasteiger partial charge in [-0.2, -0.15) is 0 Å². The first-order chi connectivity index (χ1) is 5.41. The summed E-state index contributed by atoms with van der Waals surface area (Å²) >= 11 is 0. The monoisotopic (exact) mass is 154 g/mol. The van der Waals surface area contributed by atoms with Gasteiger partial charge in [0.15, 0.2) is 0 Å². The van der Waals surface area contributed by atoms with Crippen LogP contribution in [-0.4, -0.2) is 13.3 Å². The summed E-state index contributed by atoms with van der Waals surface area (Å²) in [4.78, 5) is 4.50. The molecule has 0 saturated heterocycles. The lowest BCUT2D eigenvalue weighted by Crippen LogP contribution is -1.73. The molecule has 0 aromatic rings. The van der Waals surface area contributed by atoms with E-state index in [2.05, 4.69) is 29.1 Å². The zero-order chi connectivity index (χ0) is 8.36. The minimum atomic E-state index is 0.852. The molecule has 0 unspecified atom stereocenters. The molecule has 11 heavy (non-hydrogen) atoms.